The summed E-state index contributed by atoms with van der Waals surface area (Å²) in [6.07, 6.45) is 5.06. The van der Waals surface area contributed by atoms with Crippen molar-refractivity contribution in [3.8, 4) is 0 Å². The Morgan fingerprint density at radius 1 is 1.09 bits per heavy atom. The molecule has 0 aliphatic carbocycles. The minimum absolute atomic E-state index is 0.0362. The Kier molecular flexibility index (Phi) is 13.9. The Hall–Kier alpha value is -3.45. The van der Waals surface area contributed by atoms with Gasteiger partial charge in [0.15, 0.2) is 5.78 Å². The van der Waals surface area contributed by atoms with Crippen molar-refractivity contribution in [1.29, 1.82) is 0 Å². The number of carbonyl (C=O) groups is 4. The molecule has 0 radical (unpaired) electrons. The molecule has 1 aromatic carbocycles. The molecule has 5 N–H and O–H groups in total. The first kappa shape index (κ1) is 35.4. The Morgan fingerprint density at radius 2 is 1.89 bits per heavy atom. The van der Waals surface area contributed by atoms with Gasteiger partial charge in [0.05, 0.1) is 33.5 Å². The van der Waals surface area contributed by atoms with Gasteiger partial charge in [-0.25, -0.2) is 4.98 Å². The number of unbranched alkanes of at least 4 members (excludes halogenated alkanes) is 1. The third-order valence-electron chi connectivity index (χ3n) is 8.12. The van der Waals surface area contributed by atoms with Gasteiger partial charge in [0.1, 0.15) is 6.04 Å². The number of halogens is 1. The number of ether oxygens (including phenoxy) is 1. The molecule has 0 unspecified atom stereocenters. The molecular formula is C33H43ClN6O5S. The normalized spacial score (nSPS) is 15.5. The van der Waals surface area contributed by atoms with Crippen LogP contribution in [-0.2, 0) is 36.9 Å². The summed E-state index contributed by atoms with van der Waals surface area (Å²) in [6.45, 7) is 3.39. The fourth-order valence-electron chi connectivity index (χ4n) is 5.53. The van der Waals surface area contributed by atoms with E-state index in [4.69, 9.17) is 22.1 Å². The van der Waals surface area contributed by atoms with Crippen LogP contribution in [0.3, 0.4) is 0 Å². The van der Waals surface area contributed by atoms with Crippen LogP contribution in [-0.4, -0.2) is 65.3 Å². The van der Waals surface area contributed by atoms with Gasteiger partial charge in [0.2, 0.25) is 17.7 Å². The minimum atomic E-state index is -0.944. The van der Waals surface area contributed by atoms with Crippen molar-refractivity contribution < 1.29 is 23.9 Å². The number of ketones is 1. The minimum Gasteiger partial charge on any atom is -0.381 e. The van der Waals surface area contributed by atoms with E-state index in [1.807, 2.05) is 24.3 Å². The molecule has 13 heteroatoms. The summed E-state index contributed by atoms with van der Waals surface area (Å²) in [5.41, 5.74) is 7.18. The highest BCUT2D eigenvalue weighted by atomic mass is 35.5. The fraction of sp³-hybridized carbons (Fsp3) is 0.515. The van der Waals surface area contributed by atoms with Crippen LogP contribution in [0.2, 0.25) is 5.02 Å². The lowest BCUT2D eigenvalue weighted by atomic mass is 9.84. The average Bonchev–Trinajstić information content (AvgIpc) is 3.47. The maximum atomic E-state index is 14.0. The number of aromatic nitrogens is 2. The van der Waals surface area contributed by atoms with Gasteiger partial charge in [0.25, 0.3) is 0 Å². The maximum absolute atomic E-state index is 14.0. The summed E-state index contributed by atoms with van der Waals surface area (Å²) in [5.74, 6) is -1.98. The molecule has 2 aromatic heterocycles. The van der Waals surface area contributed by atoms with Crippen molar-refractivity contribution in [3.63, 3.8) is 0 Å². The van der Waals surface area contributed by atoms with Crippen molar-refractivity contribution in [2.75, 3.05) is 19.8 Å². The standard InChI is InChI=1S/C33H43ClN6O5S/c1-2-29(42)38-26(19-30-39-25-10-9-23(34)18-28(25)46-30)33(44)40-31(21-11-15-45-16-12-21)27(41)17-22(7-3-5-13-35)32(43)37-20-24-8-4-6-14-36-24/h4,6,8-10,14,18,21-22,26,31H,2-3,5,7,11-13,15-17,19-20,35H2,1H3,(H,37,43)(H,38,42)(H,40,44)/t22-,26+,31+/m1/s1. The van der Waals surface area contributed by atoms with E-state index in [2.05, 4.69) is 25.9 Å². The largest absolute Gasteiger partial charge is 0.381 e. The second-order valence-electron chi connectivity index (χ2n) is 11.5. The van der Waals surface area contributed by atoms with Crippen LogP contribution in [0.25, 0.3) is 10.2 Å². The number of carbonyl (C=O) groups excluding carboxylic acids is 4. The van der Waals surface area contributed by atoms with Crippen LogP contribution in [0.4, 0.5) is 0 Å². The van der Waals surface area contributed by atoms with Crippen LogP contribution in [0, 0.1) is 11.8 Å². The quantitative estimate of drug-likeness (QED) is 0.158. The van der Waals surface area contributed by atoms with E-state index >= 15 is 0 Å². The monoisotopic (exact) mass is 670 g/mol. The second-order valence-corrected chi connectivity index (χ2v) is 13.1. The highest BCUT2D eigenvalue weighted by Crippen LogP contribution is 2.27. The van der Waals surface area contributed by atoms with E-state index in [-0.39, 0.29) is 49.3 Å². The van der Waals surface area contributed by atoms with E-state index in [9.17, 15) is 19.2 Å². The lowest BCUT2D eigenvalue weighted by Gasteiger charge is -2.32. The van der Waals surface area contributed by atoms with Crippen molar-refractivity contribution in [3.05, 3.63) is 58.3 Å². The number of nitrogens with one attached hydrogen (secondary N) is 3. The molecule has 11 nitrogen and oxygen atoms in total. The van der Waals surface area contributed by atoms with Crippen LogP contribution in [0.1, 0.15) is 62.6 Å². The van der Waals surface area contributed by atoms with Gasteiger partial charge >= 0.3 is 0 Å². The molecule has 3 heterocycles. The third-order valence-corrected chi connectivity index (χ3v) is 9.40. The molecule has 3 amide bonds. The molecule has 46 heavy (non-hydrogen) atoms. The summed E-state index contributed by atoms with van der Waals surface area (Å²) in [7, 11) is 0. The first-order chi connectivity index (χ1) is 22.3. The summed E-state index contributed by atoms with van der Waals surface area (Å²) in [4.78, 5) is 62.6. The average molecular weight is 671 g/mol. The summed E-state index contributed by atoms with van der Waals surface area (Å²) in [6, 6.07) is 9.07. The number of fused-ring (bicyclic) bond motifs is 1. The first-order valence-electron chi connectivity index (χ1n) is 15.9. The van der Waals surface area contributed by atoms with Gasteiger partial charge in [-0.2, -0.15) is 0 Å². The van der Waals surface area contributed by atoms with Crippen molar-refractivity contribution >= 4 is 56.7 Å². The number of hydrogen-bond acceptors (Lipinski definition) is 9. The van der Waals surface area contributed by atoms with E-state index in [1.54, 1.807) is 25.3 Å². The van der Waals surface area contributed by atoms with E-state index < -0.39 is 23.9 Å². The maximum Gasteiger partial charge on any atom is 0.243 e. The molecular weight excluding hydrogens is 628 g/mol. The molecule has 248 valence electrons. The van der Waals surface area contributed by atoms with E-state index in [0.29, 0.717) is 61.2 Å². The number of amides is 3. The molecule has 1 aliphatic heterocycles. The van der Waals surface area contributed by atoms with Crippen molar-refractivity contribution in [2.24, 2.45) is 17.6 Å². The second kappa shape index (κ2) is 18.0. The highest BCUT2D eigenvalue weighted by Gasteiger charge is 2.35. The Labute approximate surface area is 278 Å². The molecule has 1 aliphatic rings. The SMILES string of the molecule is CCC(=O)N[C@@H](Cc1nc2ccc(Cl)cc2s1)C(=O)N[C@H](C(=O)C[C@@H](CCCCN)C(=O)NCc1ccccn1)C1CCOCC1. The fourth-order valence-corrected chi connectivity index (χ4v) is 6.82. The van der Waals surface area contributed by atoms with Crippen LogP contribution < -0.4 is 21.7 Å². The molecule has 1 fully saturated rings. The Bertz CT molecular complexity index is 1470. The number of Topliss-reactive ketones (excluding diaryl/α,β-unsaturated/α-hetero) is 1. The molecule has 0 bridgehead atoms. The Balaban J connectivity index is 1.51. The molecule has 3 atom stereocenters. The summed E-state index contributed by atoms with van der Waals surface area (Å²) < 4.78 is 6.42. The van der Waals surface area contributed by atoms with E-state index in [1.165, 1.54) is 11.3 Å². The number of nitrogens with zero attached hydrogens (tertiary/aromatic N) is 2. The zero-order chi connectivity index (χ0) is 32.9. The number of pyridine rings is 1. The molecule has 3 aromatic rings. The zero-order valence-corrected chi connectivity index (χ0v) is 27.7. The first-order valence-corrected chi connectivity index (χ1v) is 17.1. The predicted molar refractivity (Wildman–Crippen MR) is 178 cm³/mol. The number of benzene rings is 1. The summed E-state index contributed by atoms with van der Waals surface area (Å²) in [5, 5.41) is 9.97. The van der Waals surface area contributed by atoms with Crippen molar-refractivity contribution in [2.45, 2.75) is 76.9 Å². The van der Waals surface area contributed by atoms with Crippen LogP contribution in [0.5, 0.6) is 0 Å². The smallest absolute Gasteiger partial charge is 0.243 e. The lowest BCUT2D eigenvalue weighted by Crippen LogP contribution is -2.55. The van der Waals surface area contributed by atoms with Crippen LogP contribution >= 0.6 is 22.9 Å². The third kappa shape index (κ3) is 10.5. The number of rotatable bonds is 17. The molecule has 0 spiro atoms. The van der Waals surface area contributed by atoms with Crippen molar-refractivity contribution in [1.82, 2.24) is 25.9 Å². The van der Waals surface area contributed by atoms with Crippen LogP contribution in [0.15, 0.2) is 42.6 Å². The predicted octanol–water partition coefficient (Wildman–Crippen LogP) is 3.71. The van der Waals surface area contributed by atoms with Gasteiger partial charge in [-0.15, -0.1) is 11.3 Å². The molecule has 1 saturated heterocycles. The van der Waals surface area contributed by atoms with E-state index in [0.717, 1.165) is 16.6 Å². The highest BCUT2D eigenvalue weighted by molar-refractivity contribution is 7.18. The van der Waals surface area contributed by atoms with Gasteiger partial charge < -0.3 is 26.4 Å². The van der Waals surface area contributed by atoms with Gasteiger partial charge in [-0.05, 0) is 68.5 Å². The summed E-state index contributed by atoms with van der Waals surface area (Å²) >= 11 is 7.55. The molecule has 4 rings (SSSR count). The van der Waals surface area contributed by atoms with Gasteiger partial charge in [-0.3, -0.25) is 24.2 Å². The zero-order valence-electron chi connectivity index (χ0n) is 26.1. The van der Waals surface area contributed by atoms with Gasteiger partial charge in [0, 0.05) is 49.6 Å². The van der Waals surface area contributed by atoms with Gasteiger partial charge in [-0.1, -0.05) is 31.0 Å². The number of thiazole rings is 1. The number of nitrogens with two attached hydrogens (primary N) is 1. The lowest BCUT2D eigenvalue weighted by molar-refractivity contribution is -0.135. The number of hydrogen-bond donors (Lipinski definition) is 4. The molecule has 0 saturated carbocycles. The Morgan fingerprint density at radius 3 is 2.61 bits per heavy atom. The topological polar surface area (TPSA) is 165 Å².